The molecule has 1 amide bonds. The lowest BCUT2D eigenvalue weighted by atomic mass is 10.2. The van der Waals surface area contributed by atoms with Crippen LogP contribution in [0.15, 0.2) is 12.3 Å². The number of nitrogens with two attached hydrogens (primary N) is 1. The Kier molecular flexibility index (Phi) is 4.85. The van der Waals surface area contributed by atoms with E-state index in [-0.39, 0.29) is 18.4 Å². The maximum atomic E-state index is 12.5. The molecule has 0 aliphatic carbocycles. The molecule has 0 spiro atoms. The number of hydrogen-bond acceptors (Lipinski definition) is 5. The summed E-state index contributed by atoms with van der Waals surface area (Å²) in [6, 6.07) is 1.71. The van der Waals surface area contributed by atoms with Crippen molar-refractivity contribution in [3.8, 4) is 0 Å². The second kappa shape index (κ2) is 6.62. The molecule has 0 atom stereocenters. The fourth-order valence-corrected chi connectivity index (χ4v) is 2.49. The Hall–Kier alpha value is -2.02. The SMILES string of the molecule is CCn1cc(N)cc1C(=O)N1CCN(CC(=O)OC)CC1. The third-order valence-corrected chi connectivity index (χ3v) is 3.72. The number of nitrogens with zero attached hydrogens (tertiary/aromatic N) is 3. The molecule has 1 aliphatic rings. The standard InChI is InChI=1S/C14H22N4O3/c1-3-17-9-11(15)8-12(17)14(20)18-6-4-16(5-7-18)10-13(19)21-2/h8-9H,3-7,10,15H2,1-2H3. The third kappa shape index (κ3) is 3.55. The Bertz CT molecular complexity index is 518. The first-order valence-electron chi connectivity index (χ1n) is 7.09. The maximum Gasteiger partial charge on any atom is 0.319 e. The van der Waals surface area contributed by atoms with E-state index in [0.717, 1.165) is 0 Å². The normalized spacial score (nSPS) is 16.0. The summed E-state index contributed by atoms with van der Waals surface area (Å²) < 4.78 is 6.51. The average molecular weight is 294 g/mol. The molecule has 7 heteroatoms. The number of nitrogen functional groups attached to an aromatic ring is 1. The summed E-state index contributed by atoms with van der Waals surface area (Å²) in [6.45, 7) is 5.50. The summed E-state index contributed by atoms with van der Waals surface area (Å²) in [7, 11) is 1.38. The van der Waals surface area contributed by atoms with E-state index in [4.69, 9.17) is 5.73 Å². The molecule has 0 unspecified atom stereocenters. The molecule has 0 radical (unpaired) electrons. The summed E-state index contributed by atoms with van der Waals surface area (Å²) in [5, 5.41) is 0. The highest BCUT2D eigenvalue weighted by Crippen LogP contribution is 2.14. The molecule has 1 saturated heterocycles. The predicted molar refractivity (Wildman–Crippen MR) is 78.9 cm³/mol. The molecule has 0 bridgehead atoms. The number of aryl methyl sites for hydroxylation is 1. The van der Waals surface area contributed by atoms with E-state index in [1.807, 2.05) is 16.4 Å². The number of methoxy groups -OCH3 is 1. The second-order valence-corrected chi connectivity index (χ2v) is 5.09. The van der Waals surface area contributed by atoms with Crippen molar-refractivity contribution >= 4 is 17.6 Å². The van der Waals surface area contributed by atoms with E-state index < -0.39 is 0 Å². The third-order valence-electron chi connectivity index (χ3n) is 3.72. The van der Waals surface area contributed by atoms with Gasteiger partial charge in [0.2, 0.25) is 0 Å². The van der Waals surface area contributed by atoms with Gasteiger partial charge < -0.3 is 19.9 Å². The molecule has 1 aliphatic heterocycles. The molecule has 0 aromatic carbocycles. The van der Waals surface area contributed by atoms with Gasteiger partial charge in [-0.05, 0) is 13.0 Å². The van der Waals surface area contributed by atoms with Crippen LogP contribution in [0.1, 0.15) is 17.4 Å². The lowest BCUT2D eigenvalue weighted by molar-refractivity contribution is -0.142. The number of carbonyl (C=O) groups is 2. The zero-order valence-corrected chi connectivity index (χ0v) is 12.5. The van der Waals surface area contributed by atoms with Gasteiger partial charge >= 0.3 is 5.97 Å². The molecule has 2 rings (SSSR count). The maximum absolute atomic E-state index is 12.5. The summed E-state index contributed by atoms with van der Waals surface area (Å²) >= 11 is 0. The van der Waals surface area contributed by atoms with Crippen molar-refractivity contribution in [2.24, 2.45) is 0 Å². The number of amides is 1. The van der Waals surface area contributed by atoms with Crippen LogP contribution >= 0.6 is 0 Å². The summed E-state index contributed by atoms with van der Waals surface area (Å²) in [5.74, 6) is -0.256. The van der Waals surface area contributed by atoms with Crippen LogP contribution in [0.5, 0.6) is 0 Å². The van der Waals surface area contributed by atoms with Crippen molar-refractivity contribution in [1.29, 1.82) is 0 Å². The first kappa shape index (κ1) is 15.4. The fourth-order valence-electron chi connectivity index (χ4n) is 2.49. The minimum Gasteiger partial charge on any atom is -0.468 e. The predicted octanol–water partition coefficient (Wildman–Crippen LogP) is 0.0210. The molecular weight excluding hydrogens is 272 g/mol. The van der Waals surface area contributed by atoms with Gasteiger partial charge in [0.05, 0.1) is 19.3 Å². The van der Waals surface area contributed by atoms with Gasteiger partial charge in [-0.2, -0.15) is 0 Å². The number of rotatable bonds is 4. The number of hydrogen-bond donors (Lipinski definition) is 1. The highest BCUT2D eigenvalue weighted by molar-refractivity contribution is 5.94. The van der Waals surface area contributed by atoms with Gasteiger partial charge in [0, 0.05) is 38.9 Å². The highest BCUT2D eigenvalue weighted by Gasteiger charge is 2.25. The van der Waals surface area contributed by atoms with Crippen LogP contribution in [0.4, 0.5) is 5.69 Å². The Morgan fingerprint density at radius 2 is 1.95 bits per heavy atom. The van der Waals surface area contributed by atoms with E-state index in [1.54, 1.807) is 17.2 Å². The van der Waals surface area contributed by atoms with Crippen LogP contribution in [0, 0.1) is 0 Å². The van der Waals surface area contributed by atoms with Crippen molar-refractivity contribution in [3.63, 3.8) is 0 Å². The largest absolute Gasteiger partial charge is 0.468 e. The van der Waals surface area contributed by atoms with Crippen molar-refractivity contribution in [2.45, 2.75) is 13.5 Å². The molecule has 21 heavy (non-hydrogen) atoms. The smallest absolute Gasteiger partial charge is 0.319 e. The van der Waals surface area contributed by atoms with E-state index in [0.29, 0.717) is 44.1 Å². The number of aromatic nitrogens is 1. The molecule has 1 aromatic rings. The molecule has 2 N–H and O–H groups in total. The van der Waals surface area contributed by atoms with Gasteiger partial charge in [0.15, 0.2) is 0 Å². The van der Waals surface area contributed by atoms with Crippen molar-refractivity contribution in [1.82, 2.24) is 14.4 Å². The lowest BCUT2D eigenvalue weighted by Crippen LogP contribution is -2.50. The summed E-state index contributed by atoms with van der Waals surface area (Å²) in [6.07, 6.45) is 1.78. The molecule has 116 valence electrons. The van der Waals surface area contributed by atoms with Gasteiger partial charge in [0.1, 0.15) is 5.69 Å². The Balaban J connectivity index is 1.95. The number of piperazine rings is 1. The molecular formula is C14H22N4O3. The summed E-state index contributed by atoms with van der Waals surface area (Å²) in [4.78, 5) is 27.5. The Morgan fingerprint density at radius 3 is 2.52 bits per heavy atom. The first-order valence-corrected chi connectivity index (χ1v) is 7.09. The zero-order valence-electron chi connectivity index (χ0n) is 12.5. The van der Waals surface area contributed by atoms with E-state index >= 15 is 0 Å². The van der Waals surface area contributed by atoms with E-state index in [2.05, 4.69) is 4.74 Å². The zero-order chi connectivity index (χ0) is 15.4. The van der Waals surface area contributed by atoms with Crippen LogP contribution in [0.3, 0.4) is 0 Å². The van der Waals surface area contributed by atoms with E-state index in [9.17, 15) is 9.59 Å². The van der Waals surface area contributed by atoms with Crippen LogP contribution in [-0.4, -0.2) is 66.1 Å². The quantitative estimate of drug-likeness (QED) is 0.792. The monoisotopic (exact) mass is 294 g/mol. The second-order valence-electron chi connectivity index (χ2n) is 5.09. The number of esters is 1. The van der Waals surface area contributed by atoms with Crippen molar-refractivity contribution < 1.29 is 14.3 Å². The highest BCUT2D eigenvalue weighted by atomic mass is 16.5. The van der Waals surface area contributed by atoms with Crippen LogP contribution in [0.25, 0.3) is 0 Å². The van der Waals surface area contributed by atoms with Crippen LogP contribution in [-0.2, 0) is 16.1 Å². The van der Waals surface area contributed by atoms with Crippen molar-refractivity contribution in [3.05, 3.63) is 18.0 Å². The molecule has 2 heterocycles. The van der Waals surface area contributed by atoms with Gasteiger partial charge in [-0.15, -0.1) is 0 Å². The number of carbonyl (C=O) groups excluding carboxylic acids is 2. The topological polar surface area (TPSA) is 80.8 Å². The number of anilines is 1. The van der Waals surface area contributed by atoms with Crippen LogP contribution in [0.2, 0.25) is 0 Å². The lowest BCUT2D eigenvalue weighted by Gasteiger charge is -2.34. The fraction of sp³-hybridized carbons (Fsp3) is 0.571. The minimum atomic E-state index is -0.248. The minimum absolute atomic E-state index is 0.00809. The van der Waals surface area contributed by atoms with E-state index in [1.165, 1.54) is 7.11 Å². The van der Waals surface area contributed by atoms with Crippen molar-refractivity contribution in [2.75, 3.05) is 45.6 Å². The van der Waals surface area contributed by atoms with Crippen LogP contribution < -0.4 is 5.73 Å². The van der Waals surface area contributed by atoms with Gasteiger partial charge in [-0.25, -0.2) is 0 Å². The van der Waals surface area contributed by atoms with Gasteiger partial charge in [-0.3, -0.25) is 14.5 Å². The Labute approximate surface area is 124 Å². The molecule has 7 nitrogen and oxygen atoms in total. The Morgan fingerprint density at radius 1 is 1.29 bits per heavy atom. The first-order chi connectivity index (χ1) is 10.0. The van der Waals surface area contributed by atoms with Gasteiger partial charge in [0.25, 0.3) is 5.91 Å². The van der Waals surface area contributed by atoms with Gasteiger partial charge in [-0.1, -0.05) is 0 Å². The average Bonchev–Trinajstić information content (AvgIpc) is 2.88. The number of ether oxygens (including phenoxy) is 1. The molecule has 1 fully saturated rings. The molecule has 0 saturated carbocycles. The summed E-state index contributed by atoms with van der Waals surface area (Å²) in [5.41, 5.74) is 6.99. The molecule has 1 aromatic heterocycles.